The molecule has 0 atom stereocenters. The van der Waals surface area contributed by atoms with Crippen molar-refractivity contribution in [3.8, 4) is 27.4 Å². The number of hydrogen-bond donors (Lipinski definition) is 1. The molecule has 1 N–H and O–H groups in total. The van der Waals surface area contributed by atoms with Crippen LogP contribution in [0.3, 0.4) is 0 Å². The van der Waals surface area contributed by atoms with Crippen LogP contribution in [0.15, 0.2) is 35.7 Å². The van der Waals surface area contributed by atoms with Crippen LogP contribution in [0.4, 0.5) is 0 Å². The Balaban J connectivity index is 1.89. The minimum atomic E-state index is -0.750. The molecule has 1 aromatic carbocycles. The highest BCUT2D eigenvalue weighted by Gasteiger charge is 2.32. The van der Waals surface area contributed by atoms with Crippen LogP contribution in [0.1, 0.15) is 62.7 Å². The number of rotatable bonds is 6. The Bertz CT molecular complexity index is 1190. The average molecular weight is 481 g/mol. The molecule has 0 saturated carbocycles. The third-order valence-corrected chi connectivity index (χ3v) is 7.69. The molecule has 0 bridgehead atoms. The largest absolute Gasteiger partial charge is 0.496 e. The summed E-state index contributed by atoms with van der Waals surface area (Å²) in [5, 5.41) is 12.4. The van der Waals surface area contributed by atoms with Crippen LogP contribution in [0.5, 0.6) is 5.75 Å². The minimum absolute atomic E-state index is 0.0378. The molecule has 6 heteroatoms. The summed E-state index contributed by atoms with van der Waals surface area (Å²) in [5.41, 5.74) is 5.37. The van der Waals surface area contributed by atoms with Crippen molar-refractivity contribution < 1.29 is 14.6 Å². The SMILES string of the molecule is COc1cc2c(cc1CCC(C)(C)O)-c1c(-c3cccs3)cc(C(=O)N(C)C(C)(C)C)n1CC2. The second-order valence-electron chi connectivity index (χ2n) is 10.8. The highest BCUT2D eigenvalue weighted by Crippen LogP contribution is 2.44. The Kier molecular flexibility index (Phi) is 6.42. The Morgan fingerprint density at radius 2 is 1.91 bits per heavy atom. The van der Waals surface area contributed by atoms with Crippen molar-refractivity contribution in [2.24, 2.45) is 0 Å². The van der Waals surface area contributed by atoms with Crippen molar-refractivity contribution in [1.82, 2.24) is 9.47 Å². The van der Waals surface area contributed by atoms with E-state index in [9.17, 15) is 9.90 Å². The second-order valence-corrected chi connectivity index (χ2v) is 11.8. The molecule has 4 rings (SSSR count). The molecule has 5 nitrogen and oxygen atoms in total. The standard InChI is InChI=1S/C28H36N2O3S/c1-27(2,3)29(6)26(31)22-17-21(24-9-8-14-34-24)25-20-15-19(10-12-28(4,5)32)23(33-7)16-18(20)11-13-30(22)25/h8-9,14-17,32H,10-13H2,1-7H3. The number of hydrogen-bond acceptors (Lipinski definition) is 4. The number of methoxy groups -OCH3 is 1. The zero-order valence-electron chi connectivity index (χ0n) is 21.4. The number of benzene rings is 1. The van der Waals surface area contributed by atoms with E-state index in [4.69, 9.17) is 4.74 Å². The number of thiophene rings is 1. The number of carbonyl (C=O) groups is 1. The van der Waals surface area contributed by atoms with Gasteiger partial charge in [-0.25, -0.2) is 0 Å². The maximum atomic E-state index is 13.6. The Morgan fingerprint density at radius 3 is 2.50 bits per heavy atom. The maximum absolute atomic E-state index is 13.6. The van der Waals surface area contributed by atoms with Gasteiger partial charge in [-0.2, -0.15) is 0 Å². The molecule has 34 heavy (non-hydrogen) atoms. The second kappa shape index (κ2) is 8.90. The molecule has 1 amide bonds. The van der Waals surface area contributed by atoms with Crippen LogP contribution in [0.25, 0.3) is 21.7 Å². The van der Waals surface area contributed by atoms with Gasteiger partial charge in [0, 0.05) is 35.1 Å². The molecule has 0 saturated heterocycles. The lowest BCUT2D eigenvalue weighted by Crippen LogP contribution is -2.43. The summed E-state index contributed by atoms with van der Waals surface area (Å²) < 4.78 is 7.93. The monoisotopic (exact) mass is 480 g/mol. The van der Waals surface area contributed by atoms with Crippen molar-refractivity contribution in [3.63, 3.8) is 0 Å². The summed E-state index contributed by atoms with van der Waals surface area (Å²) in [5.74, 6) is 0.903. The number of carbonyl (C=O) groups excluding carboxylic acids is 1. The fourth-order valence-corrected chi connectivity index (χ4v) is 5.24. The van der Waals surface area contributed by atoms with Crippen molar-refractivity contribution in [2.75, 3.05) is 14.2 Å². The summed E-state index contributed by atoms with van der Waals surface area (Å²) in [7, 11) is 3.58. The summed E-state index contributed by atoms with van der Waals surface area (Å²) in [6.45, 7) is 10.6. The van der Waals surface area contributed by atoms with Gasteiger partial charge in [-0.15, -0.1) is 11.3 Å². The molecule has 2 aromatic heterocycles. The van der Waals surface area contributed by atoms with Crippen LogP contribution >= 0.6 is 11.3 Å². The zero-order valence-corrected chi connectivity index (χ0v) is 22.2. The molecule has 0 aliphatic carbocycles. The van der Waals surface area contributed by atoms with Crippen molar-refractivity contribution in [3.05, 3.63) is 52.5 Å². The van der Waals surface area contributed by atoms with E-state index >= 15 is 0 Å². The molecule has 182 valence electrons. The smallest absolute Gasteiger partial charge is 0.270 e. The number of ether oxygens (including phenoxy) is 1. The number of fused-ring (bicyclic) bond motifs is 3. The third kappa shape index (κ3) is 4.66. The van der Waals surface area contributed by atoms with Crippen molar-refractivity contribution in [2.45, 2.75) is 71.6 Å². The lowest BCUT2D eigenvalue weighted by atomic mass is 9.90. The quantitative estimate of drug-likeness (QED) is 0.469. The number of amides is 1. The van der Waals surface area contributed by atoms with Crippen LogP contribution in [-0.4, -0.2) is 45.8 Å². The topological polar surface area (TPSA) is 54.7 Å². The van der Waals surface area contributed by atoms with Gasteiger partial charge < -0.3 is 19.3 Å². The zero-order chi connectivity index (χ0) is 24.8. The van der Waals surface area contributed by atoms with Crippen LogP contribution in [-0.2, 0) is 19.4 Å². The van der Waals surface area contributed by atoms with Gasteiger partial charge in [0.15, 0.2) is 0 Å². The summed E-state index contributed by atoms with van der Waals surface area (Å²) in [6, 6.07) is 10.6. The van der Waals surface area contributed by atoms with Crippen LogP contribution in [0, 0.1) is 0 Å². The van der Waals surface area contributed by atoms with Crippen molar-refractivity contribution >= 4 is 17.2 Å². The first kappa shape index (κ1) is 24.6. The molecule has 0 spiro atoms. The molecule has 3 aromatic rings. The fraction of sp³-hybridized carbons (Fsp3) is 0.464. The first-order chi connectivity index (χ1) is 15.9. The Labute approximate surface area is 207 Å². The average Bonchev–Trinajstić information content (AvgIpc) is 3.42. The first-order valence-corrected chi connectivity index (χ1v) is 12.8. The highest BCUT2D eigenvalue weighted by molar-refractivity contribution is 7.13. The molecule has 0 fully saturated rings. The number of aryl methyl sites for hydroxylation is 2. The molecular weight excluding hydrogens is 444 g/mol. The third-order valence-electron chi connectivity index (χ3n) is 6.79. The molecule has 3 heterocycles. The van der Waals surface area contributed by atoms with E-state index in [2.05, 4.69) is 61.1 Å². The van der Waals surface area contributed by atoms with E-state index < -0.39 is 5.60 Å². The van der Waals surface area contributed by atoms with Gasteiger partial charge >= 0.3 is 0 Å². The molecular formula is C28H36N2O3S. The van der Waals surface area contributed by atoms with E-state index in [-0.39, 0.29) is 11.4 Å². The van der Waals surface area contributed by atoms with E-state index in [0.29, 0.717) is 12.8 Å². The highest BCUT2D eigenvalue weighted by atomic mass is 32.1. The Morgan fingerprint density at radius 1 is 1.18 bits per heavy atom. The lowest BCUT2D eigenvalue weighted by molar-refractivity contribution is 0.0643. The summed E-state index contributed by atoms with van der Waals surface area (Å²) >= 11 is 1.69. The van der Waals surface area contributed by atoms with Gasteiger partial charge in [0.25, 0.3) is 5.91 Å². The van der Waals surface area contributed by atoms with Gasteiger partial charge in [-0.1, -0.05) is 6.07 Å². The Hall–Kier alpha value is -2.57. The predicted molar refractivity (Wildman–Crippen MR) is 140 cm³/mol. The molecule has 1 aliphatic rings. The lowest BCUT2D eigenvalue weighted by Gasteiger charge is -2.33. The number of nitrogens with zero attached hydrogens (tertiary/aromatic N) is 2. The van der Waals surface area contributed by atoms with Gasteiger partial charge in [0.05, 0.1) is 18.4 Å². The molecule has 1 aliphatic heterocycles. The van der Waals surface area contributed by atoms with E-state index in [1.807, 2.05) is 25.8 Å². The maximum Gasteiger partial charge on any atom is 0.270 e. The predicted octanol–water partition coefficient (Wildman–Crippen LogP) is 6.02. The fourth-order valence-electron chi connectivity index (χ4n) is 4.50. The van der Waals surface area contributed by atoms with Gasteiger partial charge in [-0.3, -0.25) is 4.79 Å². The normalized spacial score (nSPS) is 13.4. The summed E-state index contributed by atoms with van der Waals surface area (Å²) in [4.78, 5) is 16.6. The molecule has 0 unspecified atom stereocenters. The van der Waals surface area contributed by atoms with E-state index in [1.165, 1.54) is 5.56 Å². The number of aliphatic hydroxyl groups is 1. The van der Waals surface area contributed by atoms with Gasteiger partial charge in [0.1, 0.15) is 11.4 Å². The van der Waals surface area contributed by atoms with Gasteiger partial charge in [-0.05, 0) is 94.7 Å². The number of aromatic nitrogens is 1. The molecule has 0 radical (unpaired) electrons. The van der Waals surface area contributed by atoms with E-state index in [0.717, 1.165) is 51.7 Å². The van der Waals surface area contributed by atoms with Gasteiger partial charge in [0.2, 0.25) is 0 Å². The van der Waals surface area contributed by atoms with Crippen molar-refractivity contribution in [1.29, 1.82) is 0 Å². The minimum Gasteiger partial charge on any atom is -0.496 e. The van der Waals surface area contributed by atoms with E-state index in [1.54, 1.807) is 18.4 Å². The first-order valence-electron chi connectivity index (χ1n) is 11.9. The van der Waals surface area contributed by atoms with Crippen LogP contribution in [0.2, 0.25) is 0 Å². The van der Waals surface area contributed by atoms with Crippen LogP contribution < -0.4 is 4.74 Å². The summed E-state index contributed by atoms with van der Waals surface area (Å²) in [6.07, 6.45) is 2.19.